The Morgan fingerprint density at radius 3 is 3.00 bits per heavy atom. The maximum Gasteiger partial charge on any atom is 0.220 e. The van der Waals surface area contributed by atoms with Crippen molar-refractivity contribution >= 4 is 5.91 Å². The molecule has 84 valence electrons. The molecular formula is C9H16N4O2. The minimum atomic E-state index is -0.163. The Hall–Kier alpha value is -1.43. The van der Waals surface area contributed by atoms with Gasteiger partial charge in [-0.2, -0.15) is 0 Å². The molecule has 1 unspecified atom stereocenters. The van der Waals surface area contributed by atoms with E-state index in [-0.39, 0.29) is 18.6 Å². The molecule has 1 amide bonds. The Morgan fingerprint density at radius 1 is 1.73 bits per heavy atom. The Labute approximate surface area is 88.3 Å². The van der Waals surface area contributed by atoms with Crippen LogP contribution in [-0.4, -0.2) is 32.4 Å². The third-order valence-electron chi connectivity index (χ3n) is 2.07. The van der Waals surface area contributed by atoms with Crippen molar-refractivity contribution < 1.29 is 9.90 Å². The van der Waals surface area contributed by atoms with Crippen LogP contribution >= 0.6 is 0 Å². The second kappa shape index (κ2) is 5.45. The van der Waals surface area contributed by atoms with Gasteiger partial charge in [0, 0.05) is 20.1 Å². The van der Waals surface area contributed by atoms with Gasteiger partial charge < -0.3 is 15.0 Å². The lowest BCUT2D eigenvalue weighted by Gasteiger charge is -2.12. The number of amides is 1. The van der Waals surface area contributed by atoms with Crippen molar-refractivity contribution in [3.05, 3.63) is 12.2 Å². The lowest BCUT2D eigenvalue weighted by molar-refractivity contribution is -0.122. The molecule has 0 saturated heterocycles. The van der Waals surface area contributed by atoms with Gasteiger partial charge in [-0.25, -0.2) is 0 Å². The number of rotatable bonds is 5. The SMILES string of the molecule is CC(NC(=O)CCCO)c1nncn1C. The first-order valence-electron chi connectivity index (χ1n) is 4.89. The summed E-state index contributed by atoms with van der Waals surface area (Å²) in [4.78, 5) is 11.3. The molecule has 0 aromatic carbocycles. The first kappa shape index (κ1) is 11.6. The molecule has 1 aromatic rings. The summed E-state index contributed by atoms with van der Waals surface area (Å²) in [5.41, 5.74) is 0. The average molecular weight is 212 g/mol. The van der Waals surface area contributed by atoms with Gasteiger partial charge in [0.1, 0.15) is 6.33 Å². The van der Waals surface area contributed by atoms with E-state index < -0.39 is 0 Å². The van der Waals surface area contributed by atoms with E-state index in [1.54, 1.807) is 10.9 Å². The first-order valence-corrected chi connectivity index (χ1v) is 4.89. The molecule has 0 saturated carbocycles. The zero-order chi connectivity index (χ0) is 11.3. The zero-order valence-electron chi connectivity index (χ0n) is 8.97. The average Bonchev–Trinajstić information content (AvgIpc) is 2.61. The summed E-state index contributed by atoms with van der Waals surface area (Å²) in [6.07, 6.45) is 2.40. The second-order valence-corrected chi connectivity index (χ2v) is 3.42. The number of nitrogens with one attached hydrogen (secondary N) is 1. The number of hydrogen-bond acceptors (Lipinski definition) is 4. The number of aliphatic hydroxyl groups is 1. The maximum absolute atomic E-state index is 11.3. The van der Waals surface area contributed by atoms with Gasteiger partial charge in [0.2, 0.25) is 5.91 Å². The number of nitrogens with zero attached hydrogens (tertiary/aromatic N) is 3. The van der Waals surface area contributed by atoms with Crippen molar-refractivity contribution in [2.24, 2.45) is 7.05 Å². The molecule has 0 fully saturated rings. The van der Waals surface area contributed by atoms with E-state index in [1.165, 1.54) is 0 Å². The summed E-state index contributed by atoms with van der Waals surface area (Å²) in [6.45, 7) is 1.88. The van der Waals surface area contributed by atoms with Crippen molar-refractivity contribution in [1.29, 1.82) is 0 Å². The molecule has 0 aliphatic carbocycles. The molecule has 0 spiro atoms. The van der Waals surface area contributed by atoms with Crippen LogP contribution in [0, 0.1) is 0 Å². The summed E-state index contributed by atoms with van der Waals surface area (Å²) < 4.78 is 1.76. The van der Waals surface area contributed by atoms with Gasteiger partial charge in [-0.3, -0.25) is 4.79 Å². The van der Waals surface area contributed by atoms with Gasteiger partial charge in [-0.15, -0.1) is 10.2 Å². The molecule has 6 nitrogen and oxygen atoms in total. The quantitative estimate of drug-likeness (QED) is 0.706. The molecule has 15 heavy (non-hydrogen) atoms. The second-order valence-electron chi connectivity index (χ2n) is 3.42. The summed E-state index contributed by atoms with van der Waals surface area (Å²) in [6, 6.07) is -0.163. The molecule has 1 aromatic heterocycles. The fourth-order valence-electron chi connectivity index (χ4n) is 1.30. The van der Waals surface area contributed by atoms with Crippen LogP contribution in [0.15, 0.2) is 6.33 Å². The number of aliphatic hydroxyl groups excluding tert-OH is 1. The van der Waals surface area contributed by atoms with Crippen LogP contribution in [0.4, 0.5) is 0 Å². The summed E-state index contributed by atoms with van der Waals surface area (Å²) in [5.74, 6) is 0.631. The largest absolute Gasteiger partial charge is 0.396 e. The molecule has 1 atom stereocenters. The van der Waals surface area contributed by atoms with Gasteiger partial charge in [0.15, 0.2) is 5.82 Å². The predicted molar refractivity (Wildman–Crippen MR) is 53.9 cm³/mol. The molecule has 1 heterocycles. The minimum Gasteiger partial charge on any atom is -0.396 e. The molecule has 0 radical (unpaired) electrons. The highest BCUT2D eigenvalue weighted by molar-refractivity contribution is 5.76. The molecule has 2 N–H and O–H groups in total. The van der Waals surface area contributed by atoms with Crippen LogP contribution in [0.1, 0.15) is 31.6 Å². The van der Waals surface area contributed by atoms with Crippen LogP contribution in [0.2, 0.25) is 0 Å². The highest BCUT2D eigenvalue weighted by Crippen LogP contribution is 2.07. The molecule has 0 aliphatic heterocycles. The Balaban J connectivity index is 2.45. The van der Waals surface area contributed by atoms with Crippen LogP contribution in [0.5, 0.6) is 0 Å². The van der Waals surface area contributed by atoms with Crippen molar-refractivity contribution in [3.63, 3.8) is 0 Å². The summed E-state index contributed by atoms with van der Waals surface area (Å²) in [7, 11) is 1.83. The van der Waals surface area contributed by atoms with Gasteiger partial charge in [-0.1, -0.05) is 0 Å². The van der Waals surface area contributed by atoms with E-state index in [0.29, 0.717) is 18.7 Å². The lowest BCUT2D eigenvalue weighted by Crippen LogP contribution is -2.28. The standard InChI is InChI=1S/C9H16N4O2/c1-7(9-12-10-6-13(9)2)11-8(15)4-3-5-14/h6-7,14H,3-5H2,1-2H3,(H,11,15). The lowest BCUT2D eigenvalue weighted by atomic mass is 10.2. The van der Waals surface area contributed by atoms with Crippen molar-refractivity contribution in [1.82, 2.24) is 20.1 Å². The Morgan fingerprint density at radius 2 is 2.47 bits per heavy atom. The number of aryl methyl sites for hydroxylation is 1. The topological polar surface area (TPSA) is 80.0 Å². The third-order valence-corrected chi connectivity index (χ3v) is 2.07. The van der Waals surface area contributed by atoms with Crippen molar-refractivity contribution in [2.45, 2.75) is 25.8 Å². The first-order chi connectivity index (χ1) is 7.15. The van der Waals surface area contributed by atoms with Gasteiger partial charge in [0.25, 0.3) is 0 Å². The van der Waals surface area contributed by atoms with E-state index >= 15 is 0 Å². The number of hydrogen-bond donors (Lipinski definition) is 2. The van der Waals surface area contributed by atoms with E-state index in [9.17, 15) is 4.79 Å². The van der Waals surface area contributed by atoms with Crippen molar-refractivity contribution in [2.75, 3.05) is 6.61 Å². The Bertz CT molecular complexity index is 324. The smallest absolute Gasteiger partial charge is 0.220 e. The highest BCUT2D eigenvalue weighted by atomic mass is 16.3. The normalized spacial score (nSPS) is 12.5. The van der Waals surface area contributed by atoms with E-state index in [4.69, 9.17) is 5.11 Å². The molecular weight excluding hydrogens is 196 g/mol. The van der Waals surface area contributed by atoms with Crippen LogP contribution in [0.25, 0.3) is 0 Å². The fraction of sp³-hybridized carbons (Fsp3) is 0.667. The number of carbonyl (C=O) groups is 1. The number of carbonyl (C=O) groups excluding carboxylic acids is 1. The van der Waals surface area contributed by atoms with Crippen LogP contribution < -0.4 is 5.32 Å². The number of aromatic nitrogens is 3. The zero-order valence-corrected chi connectivity index (χ0v) is 8.97. The third kappa shape index (κ3) is 3.32. The van der Waals surface area contributed by atoms with Crippen LogP contribution in [0.3, 0.4) is 0 Å². The van der Waals surface area contributed by atoms with E-state index in [2.05, 4.69) is 15.5 Å². The minimum absolute atomic E-state index is 0.0335. The van der Waals surface area contributed by atoms with Gasteiger partial charge >= 0.3 is 0 Å². The molecule has 0 bridgehead atoms. The Kier molecular flexibility index (Phi) is 4.23. The predicted octanol–water partition coefficient (Wildman–Crippen LogP) is -0.235. The van der Waals surface area contributed by atoms with Gasteiger partial charge in [0.05, 0.1) is 6.04 Å². The fourth-order valence-corrected chi connectivity index (χ4v) is 1.30. The van der Waals surface area contributed by atoms with E-state index in [1.807, 2.05) is 14.0 Å². The summed E-state index contributed by atoms with van der Waals surface area (Å²) >= 11 is 0. The monoisotopic (exact) mass is 212 g/mol. The van der Waals surface area contributed by atoms with Crippen LogP contribution in [-0.2, 0) is 11.8 Å². The molecule has 1 rings (SSSR count). The highest BCUT2D eigenvalue weighted by Gasteiger charge is 2.13. The summed E-state index contributed by atoms with van der Waals surface area (Å²) in [5, 5.41) is 19.0. The molecule has 6 heteroatoms. The molecule has 0 aliphatic rings. The van der Waals surface area contributed by atoms with Gasteiger partial charge in [-0.05, 0) is 13.3 Å². The maximum atomic E-state index is 11.3. The van der Waals surface area contributed by atoms with Crippen molar-refractivity contribution in [3.8, 4) is 0 Å². The van der Waals surface area contributed by atoms with E-state index in [0.717, 1.165) is 0 Å².